The van der Waals surface area contributed by atoms with Gasteiger partial charge in [-0.2, -0.15) is 4.98 Å². The molecular weight excluding hydrogens is 442 g/mol. The van der Waals surface area contributed by atoms with E-state index in [-0.39, 0.29) is 0 Å². The Labute approximate surface area is 204 Å². The van der Waals surface area contributed by atoms with Gasteiger partial charge in [0.05, 0.1) is 6.61 Å². The van der Waals surface area contributed by atoms with Gasteiger partial charge in [0.15, 0.2) is 0 Å². The van der Waals surface area contributed by atoms with Gasteiger partial charge in [-0.05, 0) is 65.8 Å². The smallest absolute Gasteiger partial charge is 0.323 e. The molecule has 1 saturated carbocycles. The van der Waals surface area contributed by atoms with Crippen LogP contribution < -0.4 is 5.32 Å². The van der Waals surface area contributed by atoms with Gasteiger partial charge in [-0.1, -0.05) is 54.7 Å². The average molecular weight is 472 g/mol. The Hall–Kier alpha value is -3.81. The Morgan fingerprint density at radius 3 is 2.69 bits per heavy atom. The number of methoxy groups -OCH3 is 1. The van der Waals surface area contributed by atoms with Crippen molar-refractivity contribution in [1.29, 1.82) is 0 Å². The predicted molar refractivity (Wildman–Crippen MR) is 136 cm³/mol. The van der Waals surface area contributed by atoms with Gasteiger partial charge in [0, 0.05) is 24.8 Å². The molecule has 0 amide bonds. The molecule has 4 rings (SSSR count). The number of hydrogen-bond donors (Lipinski definition) is 2. The number of nitrogens with zero attached hydrogens (tertiary/aromatic N) is 2. The Bertz CT molecular complexity index is 1300. The maximum absolute atomic E-state index is 11.4. The van der Waals surface area contributed by atoms with Crippen LogP contribution in [0.15, 0.2) is 77.9 Å². The van der Waals surface area contributed by atoms with E-state index < -0.39 is 11.5 Å². The highest BCUT2D eigenvalue weighted by atomic mass is 16.5. The molecule has 0 spiro atoms. The van der Waals surface area contributed by atoms with Crippen molar-refractivity contribution >= 4 is 11.5 Å². The Balaban J connectivity index is 1.54. The molecule has 0 unspecified atom stereocenters. The summed E-state index contributed by atoms with van der Waals surface area (Å²) in [4.78, 5) is 15.9. The van der Waals surface area contributed by atoms with Crippen LogP contribution in [0.2, 0.25) is 0 Å². The number of rotatable bonds is 11. The van der Waals surface area contributed by atoms with Gasteiger partial charge in [-0.3, -0.25) is 10.1 Å². The first kappa shape index (κ1) is 24.3. The van der Waals surface area contributed by atoms with E-state index in [4.69, 9.17) is 9.26 Å². The van der Waals surface area contributed by atoms with Gasteiger partial charge in [0.2, 0.25) is 5.82 Å². The van der Waals surface area contributed by atoms with Crippen LogP contribution in [0.1, 0.15) is 29.8 Å². The third-order valence-corrected chi connectivity index (χ3v) is 6.21. The number of carboxylic acid groups (broad SMARTS) is 1. The lowest BCUT2D eigenvalue weighted by Crippen LogP contribution is -2.40. The van der Waals surface area contributed by atoms with E-state index in [1.807, 2.05) is 30.3 Å². The number of carbonyl (C=O) groups is 1. The fourth-order valence-electron chi connectivity index (χ4n) is 3.94. The minimum Gasteiger partial charge on any atom is -0.480 e. The van der Waals surface area contributed by atoms with Gasteiger partial charge < -0.3 is 14.4 Å². The van der Waals surface area contributed by atoms with Crippen molar-refractivity contribution in [2.24, 2.45) is 0 Å². The van der Waals surface area contributed by atoms with E-state index in [0.717, 1.165) is 27.8 Å². The largest absolute Gasteiger partial charge is 0.480 e. The van der Waals surface area contributed by atoms with E-state index in [1.165, 1.54) is 5.56 Å². The van der Waals surface area contributed by atoms with E-state index in [9.17, 15) is 9.90 Å². The molecule has 180 valence electrons. The number of nitrogens with one attached hydrogen (secondary N) is 1. The first-order valence-electron chi connectivity index (χ1n) is 11.4. The standard InChI is InChI=1S/C28H29N3O4/c1-5-20(16-29-28(12-13-28)27(32)33)14-19(3)25-30-26(35-31-25)21-10-11-24(22(15-21)17-34-4)23-9-7-6-8-18(23)2/h5-11,14-15,29H,1,3,12-13,16-17H2,2,4H3,(H,32,33)/b20-14+. The topological polar surface area (TPSA) is 97.5 Å². The molecule has 1 heterocycles. The van der Waals surface area contributed by atoms with E-state index >= 15 is 0 Å². The number of aryl methyl sites for hydroxylation is 1. The molecule has 2 aromatic carbocycles. The third-order valence-electron chi connectivity index (χ3n) is 6.21. The molecule has 1 aliphatic rings. The summed E-state index contributed by atoms with van der Waals surface area (Å²) in [6.45, 7) is 10.8. The predicted octanol–water partition coefficient (Wildman–Crippen LogP) is 5.19. The van der Waals surface area contributed by atoms with E-state index in [2.05, 4.69) is 47.7 Å². The van der Waals surface area contributed by atoms with Crippen LogP contribution in [-0.4, -0.2) is 40.4 Å². The van der Waals surface area contributed by atoms with E-state index in [0.29, 0.717) is 43.3 Å². The summed E-state index contributed by atoms with van der Waals surface area (Å²) in [5.74, 6) is -0.0943. The maximum Gasteiger partial charge on any atom is 0.323 e. The Morgan fingerprint density at radius 1 is 1.26 bits per heavy atom. The molecule has 1 aliphatic carbocycles. The first-order valence-corrected chi connectivity index (χ1v) is 11.4. The highest BCUT2D eigenvalue weighted by Crippen LogP contribution is 2.35. The lowest BCUT2D eigenvalue weighted by atomic mass is 9.94. The minimum atomic E-state index is -0.830. The summed E-state index contributed by atoms with van der Waals surface area (Å²) >= 11 is 0. The van der Waals surface area contributed by atoms with Gasteiger partial charge in [-0.25, -0.2) is 0 Å². The van der Waals surface area contributed by atoms with E-state index in [1.54, 1.807) is 19.3 Å². The molecule has 7 nitrogen and oxygen atoms in total. The molecule has 0 atom stereocenters. The number of ether oxygens (including phenoxy) is 1. The van der Waals surface area contributed by atoms with Crippen molar-refractivity contribution in [3.05, 3.63) is 90.3 Å². The highest BCUT2D eigenvalue weighted by Gasteiger charge is 2.49. The fourth-order valence-corrected chi connectivity index (χ4v) is 3.94. The molecule has 0 saturated heterocycles. The maximum atomic E-state index is 11.4. The van der Waals surface area contributed by atoms with Crippen LogP contribution >= 0.6 is 0 Å². The van der Waals surface area contributed by atoms with Crippen molar-refractivity contribution in [1.82, 2.24) is 15.5 Å². The number of hydrogen-bond acceptors (Lipinski definition) is 6. The van der Waals surface area contributed by atoms with Crippen molar-refractivity contribution in [2.75, 3.05) is 13.7 Å². The number of aliphatic carboxylic acids is 1. The zero-order valence-corrected chi connectivity index (χ0v) is 20.0. The summed E-state index contributed by atoms with van der Waals surface area (Å²) in [5, 5.41) is 16.5. The van der Waals surface area contributed by atoms with Crippen molar-refractivity contribution in [2.45, 2.75) is 31.9 Å². The van der Waals surface area contributed by atoms with Gasteiger partial charge in [0.1, 0.15) is 5.54 Å². The first-order chi connectivity index (χ1) is 16.9. The minimum absolute atomic E-state index is 0.356. The lowest BCUT2D eigenvalue weighted by Gasteiger charge is -2.12. The normalized spacial score (nSPS) is 14.5. The lowest BCUT2D eigenvalue weighted by molar-refractivity contribution is -0.140. The van der Waals surface area contributed by atoms with Crippen LogP contribution in [0.5, 0.6) is 0 Å². The second-order valence-corrected chi connectivity index (χ2v) is 8.73. The van der Waals surface area contributed by atoms with Crippen molar-refractivity contribution in [3.63, 3.8) is 0 Å². The summed E-state index contributed by atoms with van der Waals surface area (Å²) in [5.41, 5.74) is 5.75. The zero-order chi connectivity index (χ0) is 25.0. The van der Waals surface area contributed by atoms with Gasteiger partial charge in [0.25, 0.3) is 5.89 Å². The van der Waals surface area contributed by atoms with Crippen LogP contribution in [0.4, 0.5) is 0 Å². The van der Waals surface area contributed by atoms with Crippen LogP contribution in [0.25, 0.3) is 28.2 Å². The average Bonchev–Trinajstić information content (AvgIpc) is 3.49. The molecule has 2 N–H and O–H groups in total. The quantitative estimate of drug-likeness (QED) is 0.371. The summed E-state index contributed by atoms with van der Waals surface area (Å²) in [7, 11) is 1.67. The second-order valence-electron chi connectivity index (χ2n) is 8.73. The third kappa shape index (κ3) is 5.31. The SMILES string of the molecule is C=C/C(=C\C(=C)c1noc(-c2ccc(-c3ccccc3C)c(COC)c2)n1)CNC1(C(=O)O)CC1. The van der Waals surface area contributed by atoms with Crippen LogP contribution in [0.3, 0.4) is 0 Å². The molecule has 1 aromatic heterocycles. The van der Waals surface area contributed by atoms with Gasteiger partial charge in [-0.15, -0.1) is 0 Å². The molecular formula is C28H29N3O4. The van der Waals surface area contributed by atoms with Gasteiger partial charge >= 0.3 is 5.97 Å². The molecule has 0 aliphatic heterocycles. The zero-order valence-electron chi connectivity index (χ0n) is 20.0. The monoisotopic (exact) mass is 471 g/mol. The fraction of sp³-hybridized carbons (Fsp3) is 0.250. The molecule has 1 fully saturated rings. The summed E-state index contributed by atoms with van der Waals surface area (Å²) in [6, 6.07) is 14.2. The number of benzene rings is 2. The van der Waals surface area contributed by atoms with Crippen molar-refractivity contribution < 1.29 is 19.2 Å². The Morgan fingerprint density at radius 2 is 2.03 bits per heavy atom. The number of allylic oxidation sites excluding steroid dienone is 2. The van der Waals surface area contributed by atoms with Crippen LogP contribution in [-0.2, 0) is 16.1 Å². The molecule has 3 aromatic rings. The number of carboxylic acids is 1. The van der Waals surface area contributed by atoms with Crippen LogP contribution in [0, 0.1) is 6.92 Å². The number of aromatic nitrogens is 2. The summed E-state index contributed by atoms with van der Waals surface area (Å²) < 4.78 is 11.0. The summed E-state index contributed by atoms with van der Waals surface area (Å²) in [6.07, 6.45) is 4.69. The Kier molecular flexibility index (Phi) is 7.10. The second kappa shape index (κ2) is 10.2. The van der Waals surface area contributed by atoms with Crippen molar-refractivity contribution in [3.8, 4) is 22.6 Å². The molecule has 7 heteroatoms. The highest BCUT2D eigenvalue weighted by molar-refractivity contribution is 5.82. The molecule has 0 bridgehead atoms. The molecule has 0 radical (unpaired) electrons. The molecule has 35 heavy (non-hydrogen) atoms.